The molecule has 1 aromatic heterocycles. The molecule has 2 aliphatic rings. The number of carbonyl (C=O) groups is 1. The van der Waals surface area contributed by atoms with E-state index in [9.17, 15) is 4.79 Å². The van der Waals surface area contributed by atoms with Crippen LogP contribution in [0.15, 0.2) is 18.3 Å². The summed E-state index contributed by atoms with van der Waals surface area (Å²) in [4.78, 5) is 19.2. The molecule has 1 saturated heterocycles. The fraction of sp³-hybridized carbons (Fsp3) is 0.650. The first-order valence-electron chi connectivity index (χ1n) is 9.32. The Bertz CT molecular complexity index is 640. The minimum atomic E-state index is -0.404. The van der Waals surface area contributed by atoms with Crippen LogP contribution >= 0.6 is 0 Å². The van der Waals surface area contributed by atoms with Crippen LogP contribution in [0, 0.1) is 22.7 Å². The van der Waals surface area contributed by atoms with Crippen molar-refractivity contribution in [2.24, 2.45) is 11.3 Å². The Labute approximate surface area is 150 Å². The van der Waals surface area contributed by atoms with E-state index < -0.39 is 5.41 Å². The normalized spacial score (nSPS) is 24.0. The summed E-state index contributed by atoms with van der Waals surface area (Å²) in [6.45, 7) is 5.31. The number of hydrogen-bond donors (Lipinski definition) is 0. The van der Waals surface area contributed by atoms with E-state index in [4.69, 9.17) is 10.00 Å². The lowest BCUT2D eigenvalue weighted by molar-refractivity contribution is -0.137. The molecule has 0 aromatic carbocycles. The van der Waals surface area contributed by atoms with Crippen LogP contribution in [0.25, 0.3) is 0 Å². The van der Waals surface area contributed by atoms with Crippen LogP contribution in [-0.4, -0.2) is 35.0 Å². The Morgan fingerprint density at radius 3 is 2.60 bits per heavy atom. The highest BCUT2D eigenvalue weighted by molar-refractivity contribution is 5.85. The molecule has 0 bridgehead atoms. The summed E-state index contributed by atoms with van der Waals surface area (Å²) in [6.07, 6.45) is 8.81. The molecule has 25 heavy (non-hydrogen) atoms. The van der Waals surface area contributed by atoms with E-state index in [0.29, 0.717) is 24.1 Å². The highest BCUT2D eigenvalue weighted by atomic mass is 16.5. The Hall–Kier alpha value is -2.09. The van der Waals surface area contributed by atoms with Crippen molar-refractivity contribution in [3.05, 3.63) is 23.9 Å². The molecule has 1 aliphatic carbocycles. The summed E-state index contributed by atoms with van der Waals surface area (Å²) in [6, 6.07) is 5.86. The van der Waals surface area contributed by atoms with Crippen LogP contribution in [0.1, 0.15) is 57.9 Å². The van der Waals surface area contributed by atoms with Crippen LogP contribution in [0.4, 0.5) is 0 Å². The zero-order valence-electron chi connectivity index (χ0n) is 15.2. The zero-order valence-corrected chi connectivity index (χ0v) is 15.2. The van der Waals surface area contributed by atoms with Gasteiger partial charge < -0.3 is 9.64 Å². The molecule has 1 atom stereocenters. The first-order chi connectivity index (χ1) is 12.0. The summed E-state index contributed by atoms with van der Waals surface area (Å²) in [5.41, 5.74) is 0.113. The largest absolute Gasteiger partial charge is 0.477 e. The lowest BCUT2D eigenvalue weighted by Gasteiger charge is -2.28. The van der Waals surface area contributed by atoms with Crippen molar-refractivity contribution in [3.8, 4) is 11.9 Å². The number of ether oxygens (including phenoxy) is 1. The van der Waals surface area contributed by atoms with E-state index >= 15 is 0 Å². The maximum Gasteiger partial charge on any atom is 0.228 e. The smallest absolute Gasteiger partial charge is 0.228 e. The van der Waals surface area contributed by atoms with Gasteiger partial charge in [-0.25, -0.2) is 4.98 Å². The maximum atomic E-state index is 13.0. The molecule has 134 valence electrons. The van der Waals surface area contributed by atoms with E-state index in [2.05, 4.69) is 9.88 Å². The van der Waals surface area contributed by atoms with Gasteiger partial charge >= 0.3 is 0 Å². The van der Waals surface area contributed by atoms with E-state index in [1.807, 2.05) is 19.9 Å². The number of pyridine rings is 1. The van der Waals surface area contributed by atoms with Crippen molar-refractivity contribution in [1.29, 1.82) is 5.26 Å². The molecule has 3 rings (SSSR count). The molecule has 0 spiro atoms. The summed E-state index contributed by atoms with van der Waals surface area (Å²) in [5.74, 6) is 0.927. The van der Waals surface area contributed by atoms with E-state index in [0.717, 1.165) is 19.4 Å². The predicted octanol–water partition coefficient (Wildman–Crippen LogP) is 3.54. The fourth-order valence-electron chi connectivity index (χ4n) is 3.96. The number of likely N-dealkylation sites (tertiary alicyclic amines) is 1. The minimum Gasteiger partial charge on any atom is -0.477 e. The Morgan fingerprint density at radius 1 is 1.28 bits per heavy atom. The molecule has 1 unspecified atom stereocenters. The summed E-state index contributed by atoms with van der Waals surface area (Å²) >= 11 is 0. The third-order valence-corrected chi connectivity index (χ3v) is 5.81. The standard InChI is InChI=1S/C20H27N3O2/c1-20(2)16(14-25-18-10-9-15(11-21)12-22-18)13-23(19(20)24)17-7-5-3-4-6-8-17/h9-10,12,16-17H,3-8,13-14H2,1-2H3. The highest BCUT2D eigenvalue weighted by Gasteiger charge is 2.49. The quantitative estimate of drug-likeness (QED) is 0.786. The van der Waals surface area contributed by atoms with Gasteiger partial charge in [0.25, 0.3) is 0 Å². The van der Waals surface area contributed by atoms with Crippen LogP contribution < -0.4 is 4.74 Å². The molecule has 1 saturated carbocycles. The summed E-state index contributed by atoms with van der Waals surface area (Å²) in [7, 11) is 0. The molecule has 2 heterocycles. The lowest BCUT2D eigenvalue weighted by Crippen LogP contribution is -2.39. The van der Waals surface area contributed by atoms with Crippen molar-refractivity contribution < 1.29 is 9.53 Å². The van der Waals surface area contributed by atoms with E-state index in [1.165, 1.54) is 31.9 Å². The van der Waals surface area contributed by atoms with Crippen LogP contribution in [0.3, 0.4) is 0 Å². The number of amides is 1. The second kappa shape index (κ2) is 7.43. The van der Waals surface area contributed by atoms with E-state index in [1.54, 1.807) is 12.1 Å². The van der Waals surface area contributed by atoms with Crippen LogP contribution in [0.2, 0.25) is 0 Å². The third-order valence-electron chi connectivity index (χ3n) is 5.81. The van der Waals surface area contributed by atoms with Gasteiger partial charge in [0.05, 0.1) is 17.6 Å². The molecular weight excluding hydrogens is 314 g/mol. The Balaban J connectivity index is 1.64. The van der Waals surface area contributed by atoms with Gasteiger partial charge in [-0.1, -0.05) is 39.5 Å². The molecule has 1 aliphatic heterocycles. The van der Waals surface area contributed by atoms with Gasteiger partial charge in [-0.3, -0.25) is 4.79 Å². The van der Waals surface area contributed by atoms with Crippen molar-refractivity contribution in [3.63, 3.8) is 0 Å². The second-order valence-corrected chi connectivity index (χ2v) is 7.83. The summed E-state index contributed by atoms with van der Waals surface area (Å²) in [5, 5.41) is 8.83. The van der Waals surface area contributed by atoms with Gasteiger partial charge in [-0.2, -0.15) is 5.26 Å². The number of aromatic nitrogens is 1. The fourth-order valence-corrected chi connectivity index (χ4v) is 3.96. The predicted molar refractivity (Wildman–Crippen MR) is 94.9 cm³/mol. The molecule has 5 heteroatoms. The second-order valence-electron chi connectivity index (χ2n) is 7.83. The van der Waals surface area contributed by atoms with E-state index in [-0.39, 0.29) is 11.8 Å². The first kappa shape index (κ1) is 17.7. The average molecular weight is 341 g/mol. The summed E-state index contributed by atoms with van der Waals surface area (Å²) < 4.78 is 5.83. The van der Waals surface area contributed by atoms with Crippen molar-refractivity contribution in [2.45, 2.75) is 58.4 Å². The van der Waals surface area contributed by atoms with Gasteiger partial charge in [0, 0.05) is 30.8 Å². The molecule has 1 aromatic rings. The van der Waals surface area contributed by atoms with Crippen LogP contribution in [-0.2, 0) is 4.79 Å². The van der Waals surface area contributed by atoms with Crippen molar-refractivity contribution >= 4 is 5.91 Å². The number of carbonyl (C=O) groups excluding carboxylic acids is 1. The van der Waals surface area contributed by atoms with Gasteiger partial charge in [-0.05, 0) is 18.9 Å². The number of rotatable bonds is 4. The SMILES string of the molecule is CC1(C)C(=O)N(C2CCCCCC2)CC1COc1ccc(C#N)cn1. The Kier molecular flexibility index (Phi) is 5.27. The van der Waals surface area contributed by atoms with Gasteiger partial charge in [0.1, 0.15) is 6.07 Å². The van der Waals surface area contributed by atoms with Crippen molar-refractivity contribution in [2.75, 3.05) is 13.2 Å². The van der Waals surface area contributed by atoms with Gasteiger partial charge in [0.2, 0.25) is 11.8 Å². The van der Waals surface area contributed by atoms with Gasteiger partial charge in [-0.15, -0.1) is 0 Å². The molecule has 0 radical (unpaired) electrons. The van der Waals surface area contributed by atoms with Crippen LogP contribution in [0.5, 0.6) is 5.88 Å². The average Bonchev–Trinajstić information content (AvgIpc) is 2.82. The number of nitriles is 1. The highest BCUT2D eigenvalue weighted by Crippen LogP contribution is 2.39. The monoisotopic (exact) mass is 341 g/mol. The van der Waals surface area contributed by atoms with Crippen molar-refractivity contribution in [1.82, 2.24) is 9.88 Å². The molecule has 0 N–H and O–H groups in total. The molecule has 1 amide bonds. The number of nitrogens with zero attached hydrogens (tertiary/aromatic N) is 3. The maximum absolute atomic E-state index is 13.0. The molecule has 5 nitrogen and oxygen atoms in total. The number of hydrogen-bond acceptors (Lipinski definition) is 4. The lowest BCUT2D eigenvalue weighted by atomic mass is 9.82. The zero-order chi connectivity index (χ0) is 17.9. The third kappa shape index (κ3) is 3.78. The first-order valence-corrected chi connectivity index (χ1v) is 9.32. The topological polar surface area (TPSA) is 66.2 Å². The minimum absolute atomic E-state index is 0.153. The molecule has 2 fully saturated rings. The molecular formula is C20H27N3O2. The van der Waals surface area contributed by atoms with Gasteiger partial charge in [0.15, 0.2) is 0 Å². The Morgan fingerprint density at radius 2 is 2.00 bits per heavy atom.